The third kappa shape index (κ3) is 33.7. The minimum atomic E-state index is -0.668. The molecular weight excluding hydrogens is 599 g/mol. The predicted octanol–water partition coefficient (Wildman–Crippen LogP) is 10.8. The third-order valence-corrected chi connectivity index (χ3v) is 11.8. The van der Waals surface area contributed by atoms with Gasteiger partial charge in [-0.2, -0.15) is 0 Å². The Morgan fingerprint density at radius 2 is 0.514 bits per heavy atom. The molecule has 0 N–H and O–H groups in total. The van der Waals surface area contributed by atoms with E-state index in [0.717, 1.165) is 0 Å². The van der Waals surface area contributed by atoms with Gasteiger partial charge in [0.05, 0.1) is 18.5 Å². The molecule has 0 fully saturated rings. The third-order valence-electron chi connectivity index (χ3n) is 7.65. The molecule has 4 heteroatoms. The number of unbranched alkanes of at least 4 members (excludes halogenated alkanes) is 21. The summed E-state index contributed by atoms with van der Waals surface area (Å²) in [6.07, 6.45) is 40.2. The topological polar surface area (TPSA) is 0 Å². The van der Waals surface area contributed by atoms with Crippen LogP contribution in [0, 0.1) is 0 Å². The van der Waals surface area contributed by atoms with Gasteiger partial charge in [0.2, 0.25) is 0 Å². The lowest BCUT2D eigenvalue weighted by Gasteiger charge is -2.24. The highest BCUT2D eigenvalue weighted by molar-refractivity contribution is 9.93. The van der Waals surface area contributed by atoms with Crippen molar-refractivity contribution in [2.75, 3.05) is 25.2 Å². The molecule has 35 heavy (non-hydrogen) atoms. The van der Waals surface area contributed by atoms with Crippen LogP contribution in [-0.4, -0.2) is 25.2 Å². The molecule has 0 atom stereocenters. The Morgan fingerprint density at radius 3 is 0.714 bits per heavy atom. The summed E-state index contributed by atoms with van der Waals surface area (Å²) in [4.78, 5) is 0. The predicted molar refractivity (Wildman–Crippen MR) is 173 cm³/mol. The van der Waals surface area contributed by atoms with Gasteiger partial charge >= 0.3 is 0 Å². The van der Waals surface area contributed by atoms with Crippen LogP contribution in [0.25, 0.3) is 0 Å². The highest BCUT2D eigenvalue weighted by Crippen LogP contribution is 2.57. The SMILES string of the molecule is BrBr.CCCCCCCCCC[P+](C)(CCCCCCCCCC)CCCCCCCCCC.[Cl-]. The van der Waals surface area contributed by atoms with E-state index in [-0.39, 0.29) is 12.4 Å². The summed E-state index contributed by atoms with van der Waals surface area (Å²) >= 11 is 5.50. The zero-order valence-electron chi connectivity index (χ0n) is 24.7. The fourth-order valence-corrected chi connectivity index (χ4v) is 8.85. The Hall–Kier alpha value is 1.68. The van der Waals surface area contributed by atoms with Gasteiger partial charge in [0.1, 0.15) is 0 Å². The van der Waals surface area contributed by atoms with Gasteiger partial charge in [0.15, 0.2) is 0 Å². The first-order chi connectivity index (χ1) is 16.7. The van der Waals surface area contributed by atoms with Gasteiger partial charge in [-0.05, 0) is 38.5 Å². The van der Waals surface area contributed by atoms with Crippen LogP contribution in [0.2, 0.25) is 0 Å². The van der Waals surface area contributed by atoms with Crippen LogP contribution < -0.4 is 12.4 Å². The van der Waals surface area contributed by atoms with E-state index in [1.54, 1.807) is 18.5 Å². The van der Waals surface area contributed by atoms with Crippen LogP contribution in [-0.2, 0) is 0 Å². The second-order valence-corrected chi connectivity index (χ2v) is 15.8. The smallest absolute Gasteiger partial charge is 0.0591 e. The van der Waals surface area contributed by atoms with Crippen molar-refractivity contribution in [2.45, 2.75) is 175 Å². The summed E-state index contributed by atoms with van der Waals surface area (Å²) in [7, 11) is -0.668. The molecule has 0 amide bonds. The first kappa shape index (κ1) is 41.2. The Balaban J connectivity index is -0.00000332. The standard InChI is InChI=1S/C31H66P.Br2.ClH/c1-5-8-11-14-17-20-23-26-29-32(4,30-27-24-21-18-15-12-9-6-2)31-28-25-22-19-16-13-10-7-3;1-2;/h5-31H2,1-4H3;;1H/q+1;;/p-1. The molecule has 0 spiro atoms. The van der Waals surface area contributed by atoms with Crippen molar-refractivity contribution >= 4 is 35.5 Å². The molecule has 0 bridgehead atoms. The Bertz CT molecular complexity index is 305. The molecule has 0 aliphatic rings. The van der Waals surface area contributed by atoms with Crippen LogP contribution in [0.3, 0.4) is 0 Å². The molecular formula is C31H66Br2ClP. The second-order valence-electron chi connectivity index (χ2n) is 11.2. The molecule has 0 aliphatic heterocycles. The molecule has 0 unspecified atom stereocenters. The molecule has 0 saturated heterocycles. The molecule has 0 aliphatic carbocycles. The van der Waals surface area contributed by atoms with Gasteiger partial charge in [0, 0.05) is 42.2 Å². The quantitative estimate of drug-likeness (QED) is 0.0606. The highest BCUT2D eigenvalue weighted by atomic mass is 80.9. The molecule has 0 nitrogen and oxygen atoms in total. The fraction of sp³-hybridized carbons (Fsp3) is 1.00. The Kier molecular flexibility index (Phi) is 42.0. The summed E-state index contributed by atoms with van der Waals surface area (Å²) < 4.78 is 0. The second kappa shape index (κ2) is 35.7. The maximum absolute atomic E-state index is 2.76. The first-order valence-electron chi connectivity index (χ1n) is 15.7. The van der Waals surface area contributed by atoms with Gasteiger partial charge in [-0.25, -0.2) is 0 Å². The molecule has 0 aromatic heterocycles. The summed E-state index contributed by atoms with van der Waals surface area (Å²) in [6.45, 7) is 9.73. The zero-order chi connectivity index (χ0) is 25.6. The van der Waals surface area contributed by atoms with Crippen LogP contribution in [0.4, 0.5) is 0 Å². The normalized spacial score (nSPS) is 11.1. The number of hydrogen-bond acceptors (Lipinski definition) is 0. The van der Waals surface area contributed by atoms with E-state index >= 15 is 0 Å². The van der Waals surface area contributed by atoms with E-state index in [0.29, 0.717) is 0 Å². The number of halogens is 3. The summed E-state index contributed by atoms with van der Waals surface area (Å²) in [6, 6.07) is 0. The van der Waals surface area contributed by atoms with E-state index in [1.807, 2.05) is 0 Å². The lowest BCUT2D eigenvalue weighted by Crippen LogP contribution is -3.00. The monoisotopic (exact) mass is 662 g/mol. The maximum Gasteiger partial charge on any atom is 0.0591 e. The zero-order valence-corrected chi connectivity index (χ0v) is 29.5. The van der Waals surface area contributed by atoms with E-state index in [1.165, 1.54) is 154 Å². The number of hydrogen-bond donors (Lipinski definition) is 0. The molecule has 0 saturated carbocycles. The first-order valence-corrected chi connectivity index (χ1v) is 22.2. The average molecular weight is 665 g/mol. The molecule has 0 radical (unpaired) electrons. The largest absolute Gasteiger partial charge is 1.00 e. The van der Waals surface area contributed by atoms with E-state index in [4.69, 9.17) is 0 Å². The van der Waals surface area contributed by atoms with Gasteiger partial charge in [-0.1, -0.05) is 136 Å². The van der Waals surface area contributed by atoms with Crippen LogP contribution in [0.5, 0.6) is 0 Å². The van der Waals surface area contributed by atoms with E-state index in [9.17, 15) is 0 Å². The van der Waals surface area contributed by atoms with Crippen molar-refractivity contribution in [1.82, 2.24) is 0 Å². The lowest BCUT2D eigenvalue weighted by atomic mass is 10.1. The lowest BCUT2D eigenvalue weighted by molar-refractivity contribution is -0.00000756. The maximum atomic E-state index is 2.76. The Morgan fingerprint density at radius 1 is 0.343 bits per heavy atom. The van der Waals surface area contributed by atoms with Crippen LogP contribution >= 0.6 is 35.5 Å². The van der Waals surface area contributed by atoms with Gasteiger partial charge in [0.25, 0.3) is 0 Å². The van der Waals surface area contributed by atoms with Crippen LogP contribution in [0.15, 0.2) is 0 Å². The van der Waals surface area contributed by atoms with Crippen molar-refractivity contribution in [3.8, 4) is 0 Å². The van der Waals surface area contributed by atoms with E-state index in [2.05, 4.69) is 55.7 Å². The molecule has 216 valence electrons. The average Bonchev–Trinajstić information content (AvgIpc) is 2.85. The van der Waals surface area contributed by atoms with Crippen molar-refractivity contribution in [3.63, 3.8) is 0 Å². The summed E-state index contributed by atoms with van der Waals surface area (Å²) in [5.41, 5.74) is 0. The van der Waals surface area contributed by atoms with Gasteiger partial charge < -0.3 is 12.4 Å². The molecule has 0 aromatic carbocycles. The Labute approximate surface area is 246 Å². The fourth-order valence-electron chi connectivity index (χ4n) is 5.22. The highest BCUT2D eigenvalue weighted by Gasteiger charge is 2.29. The van der Waals surface area contributed by atoms with E-state index < -0.39 is 7.26 Å². The molecule has 0 rings (SSSR count). The van der Waals surface area contributed by atoms with Gasteiger partial charge in [-0.3, -0.25) is 0 Å². The van der Waals surface area contributed by atoms with Crippen molar-refractivity contribution < 1.29 is 12.4 Å². The minimum absolute atomic E-state index is 0. The van der Waals surface area contributed by atoms with Crippen molar-refractivity contribution in [2.24, 2.45) is 0 Å². The van der Waals surface area contributed by atoms with Gasteiger partial charge in [-0.15, -0.1) is 0 Å². The molecule has 0 aromatic rings. The minimum Gasteiger partial charge on any atom is -1.00 e. The number of rotatable bonds is 27. The molecule has 0 heterocycles. The van der Waals surface area contributed by atoms with Crippen molar-refractivity contribution in [3.05, 3.63) is 0 Å². The van der Waals surface area contributed by atoms with Crippen molar-refractivity contribution in [1.29, 1.82) is 0 Å². The van der Waals surface area contributed by atoms with Crippen LogP contribution in [0.1, 0.15) is 175 Å². The summed E-state index contributed by atoms with van der Waals surface area (Å²) in [5, 5.41) is 0. The summed E-state index contributed by atoms with van der Waals surface area (Å²) in [5.74, 6) is 0.